The van der Waals surface area contributed by atoms with Gasteiger partial charge in [-0.3, -0.25) is 4.98 Å². The van der Waals surface area contributed by atoms with E-state index in [1.807, 2.05) is 6.07 Å². The van der Waals surface area contributed by atoms with Crippen LogP contribution in [0.15, 0.2) is 42.7 Å². The van der Waals surface area contributed by atoms with Gasteiger partial charge in [0.15, 0.2) is 0 Å². The van der Waals surface area contributed by atoms with Crippen LogP contribution in [0, 0.1) is 5.82 Å². The van der Waals surface area contributed by atoms with E-state index in [1.165, 1.54) is 6.07 Å². The number of hydrogen-bond donors (Lipinski definition) is 2. The highest BCUT2D eigenvalue weighted by molar-refractivity contribution is 5.45. The minimum absolute atomic E-state index is 0.254. The van der Waals surface area contributed by atoms with Crippen LogP contribution in [0.1, 0.15) is 11.1 Å². The summed E-state index contributed by atoms with van der Waals surface area (Å²) in [4.78, 5) is 4.01. The molecule has 0 saturated carbocycles. The third kappa shape index (κ3) is 2.79. The van der Waals surface area contributed by atoms with E-state index in [0.717, 1.165) is 11.1 Å². The third-order valence-corrected chi connectivity index (χ3v) is 2.57. The first-order valence-electron chi connectivity index (χ1n) is 5.41. The van der Waals surface area contributed by atoms with E-state index in [0.29, 0.717) is 18.8 Å². The molecule has 17 heavy (non-hydrogen) atoms. The number of nitrogens with one attached hydrogen (secondary N) is 1. The molecule has 0 fully saturated rings. The molecule has 2 aromatic rings. The predicted molar refractivity (Wildman–Crippen MR) is 65.9 cm³/mol. The first-order valence-corrected chi connectivity index (χ1v) is 5.41. The van der Waals surface area contributed by atoms with E-state index in [9.17, 15) is 4.39 Å². The summed E-state index contributed by atoms with van der Waals surface area (Å²) in [5.41, 5.74) is 8.10. The van der Waals surface area contributed by atoms with Gasteiger partial charge in [0, 0.05) is 25.5 Å². The molecular formula is C13H14FN3. The quantitative estimate of drug-likeness (QED) is 0.848. The SMILES string of the molecule is NCc1cnccc1CNc1ccccc1F. The number of nitrogens with two attached hydrogens (primary N) is 1. The standard InChI is InChI=1S/C13H14FN3/c14-12-3-1-2-4-13(12)17-9-10-5-6-16-8-11(10)7-15/h1-6,8,17H,7,9,15H2. The first kappa shape index (κ1) is 11.5. The van der Waals surface area contributed by atoms with Crippen molar-refractivity contribution in [1.29, 1.82) is 0 Å². The minimum Gasteiger partial charge on any atom is -0.379 e. The van der Waals surface area contributed by atoms with Crippen LogP contribution in [0.2, 0.25) is 0 Å². The Hall–Kier alpha value is -1.94. The molecule has 2 rings (SSSR count). The largest absolute Gasteiger partial charge is 0.379 e. The summed E-state index contributed by atoms with van der Waals surface area (Å²) in [6, 6.07) is 8.48. The molecule has 0 aliphatic carbocycles. The monoisotopic (exact) mass is 231 g/mol. The van der Waals surface area contributed by atoms with Crippen molar-refractivity contribution in [3.63, 3.8) is 0 Å². The summed E-state index contributed by atoms with van der Waals surface area (Å²) in [7, 11) is 0. The molecule has 1 heterocycles. The highest BCUT2D eigenvalue weighted by atomic mass is 19.1. The number of benzene rings is 1. The fourth-order valence-corrected chi connectivity index (χ4v) is 1.61. The van der Waals surface area contributed by atoms with E-state index in [1.54, 1.807) is 30.6 Å². The average molecular weight is 231 g/mol. The Kier molecular flexibility index (Phi) is 3.67. The Labute approximate surface area is 99.5 Å². The molecule has 1 aromatic carbocycles. The molecule has 0 bridgehead atoms. The van der Waals surface area contributed by atoms with Gasteiger partial charge < -0.3 is 11.1 Å². The van der Waals surface area contributed by atoms with Gasteiger partial charge in [-0.05, 0) is 29.3 Å². The first-order chi connectivity index (χ1) is 8.31. The van der Waals surface area contributed by atoms with Crippen molar-refractivity contribution in [2.45, 2.75) is 13.1 Å². The number of nitrogens with zero attached hydrogens (tertiary/aromatic N) is 1. The fourth-order valence-electron chi connectivity index (χ4n) is 1.61. The average Bonchev–Trinajstić information content (AvgIpc) is 2.38. The molecule has 0 atom stereocenters. The lowest BCUT2D eigenvalue weighted by Crippen LogP contribution is -2.07. The van der Waals surface area contributed by atoms with E-state index >= 15 is 0 Å². The zero-order chi connectivity index (χ0) is 12.1. The molecule has 4 heteroatoms. The van der Waals surface area contributed by atoms with Gasteiger partial charge in [-0.25, -0.2) is 4.39 Å². The van der Waals surface area contributed by atoms with Crippen LogP contribution in [-0.2, 0) is 13.1 Å². The van der Waals surface area contributed by atoms with Crippen LogP contribution in [0.4, 0.5) is 10.1 Å². The maximum absolute atomic E-state index is 13.4. The number of anilines is 1. The van der Waals surface area contributed by atoms with E-state index in [2.05, 4.69) is 10.3 Å². The van der Waals surface area contributed by atoms with Gasteiger partial charge in [0.05, 0.1) is 5.69 Å². The Bertz CT molecular complexity index is 500. The molecule has 0 spiro atoms. The molecule has 0 aliphatic heterocycles. The van der Waals surface area contributed by atoms with Crippen molar-refractivity contribution >= 4 is 5.69 Å². The van der Waals surface area contributed by atoms with Gasteiger partial charge >= 0.3 is 0 Å². The van der Waals surface area contributed by atoms with Crippen LogP contribution >= 0.6 is 0 Å². The van der Waals surface area contributed by atoms with Crippen molar-refractivity contribution in [1.82, 2.24) is 4.98 Å². The highest BCUT2D eigenvalue weighted by Gasteiger charge is 2.03. The lowest BCUT2D eigenvalue weighted by molar-refractivity contribution is 0.630. The minimum atomic E-state index is -0.254. The van der Waals surface area contributed by atoms with E-state index < -0.39 is 0 Å². The van der Waals surface area contributed by atoms with E-state index in [-0.39, 0.29) is 5.82 Å². The second kappa shape index (κ2) is 5.41. The normalized spacial score (nSPS) is 10.2. The summed E-state index contributed by atoms with van der Waals surface area (Å²) in [5, 5.41) is 3.05. The van der Waals surface area contributed by atoms with Crippen LogP contribution < -0.4 is 11.1 Å². The Balaban J connectivity index is 2.10. The van der Waals surface area contributed by atoms with E-state index in [4.69, 9.17) is 5.73 Å². The lowest BCUT2D eigenvalue weighted by atomic mass is 10.1. The number of aromatic nitrogens is 1. The van der Waals surface area contributed by atoms with Crippen molar-refractivity contribution in [3.05, 3.63) is 59.7 Å². The molecule has 0 unspecified atom stereocenters. The second-order valence-electron chi connectivity index (χ2n) is 3.68. The predicted octanol–water partition coefficient (Wildman–Crippen LogP) is 2.29. The van der Waals surface area contributed by atoms with Crippen molar-refractivity contribution in [3.8, 4) is 0 Å². The Morgan fingerprint density at radius 3 is 2.76 bits per heavy atom. The van der Waals surface area contributed by atoms with Gasteiger partial charge in [0.2, 0.25) is 0 Å². The van der Waals surface area contributed by atoms with Gasteiger partial charge in [0.1, 0.15) is 5.82 Å². The van der Waals surface area contributed by atoms with Gasteiger partial charge in [-0.1, -0.05) is 12.1 Å². The smallest absolute Gasteiger partial charge is 0.146 e. The Morgan fingerprint density at radius 1 is 1.18 bits per heavy atom. The topological polar surface area (TPSA) is 50.9 Å². The van der Waals surface area contributed by atoms with Crippen LogP contribution in [0.5, 0.6) is 0 Å². The molecule has 0 aliphatic rings. The zero-order valence-corrected chi connectivity index (χ0v) is 9.36. The summed E-state index contributed by atoms with van der Waals surface area (Å²) in [5.74, 6) is -0.254. The second-order valence-corrected chi connectivity index (χ2v) is 3.68. The molecule has 0 saturated heterocycles. The van der Waals surface area contributed by atoms with Crippen molar-refractivity contribution in [2.24, 2.45) is 5.73 Å². The maximum atomic E-state index is 13.4. The number of para-hydroxylation sites is 1. The van der Waals surface area contributed by atoms with Crippen molar-refractivity contribution in [2.75, 3.05) is 5.32 Å². The molecule has 0 amide bonds. The molecule has 0 radical (unpaired) electrons. The maximum Gasteiger partial charge on any atom is 0.146 e. The summed E-state index contributed by atoms with van der Waals surface area (Å²) in [6.45, 7) is 0.970. The molecule has 1 aromatic heterocycles. The number of hydrogen-bond acceptors (Lipinski definition) is 3. The van der Waals surface area contributed by atoms with Gasteiger partial charge in [0.25, 0.3) is 0 Å². The summed E-state index contributed by atoms with van der Waals surface area (Å²) in [6.07, 6.45) is 3.44. The van der Waals surface area contributed by atoms with Gasteiger partial charge in [-0.2, -0.15) is 0 Å². The molecule has 88 valence electrons. The fraction of sp³-hybridized carbons (Fsp3) is 0.154. The number of rotatable bonds is 4. The zero-order valence-electron chi connectivity index (χ0n) is 9.36. The molecule has 3 nitrogen and oxygen atoms in total. The number of halogens is 1. The van der Waals surface area contributed by atoms with Crippen LogP contribution in [-0.4, -0.2) is 4.98 Å². The van der Waals surface area contributed by atoms with Gasteiger partial charge in [-0.15, -0.1) is 0 Å². The van der Waals surface area contributed by atoms with Crippen LogP contribution in [0.25, 0.3) is 0 Å². The molecular weight excluding hydrogens is 217 g/mol. The highest BCUT2D eigenvalue weighted by Crippen LogP contribution is 2.15. The molecule has 3 N–H and O–H groups in total. The summed E-state index contributed by atoms with van der Waals surface area (Å²) >= 11 is 0. The third-order valence-electron chi connectivity index (χ3n) is 2.57. The van der Waals surface area contributed by atoms with Crippen molar-refractivity contribution < 1.29 is 4.39 Å². The summed E-state index contributed by atoms with van der Waals surface area (Å²) < 4.78 is 13.4. The number of pyridine rings is 1. The van der Waals surface area contributed by atoms with Crippen LogP contribution in [0.3, 0.4) is 0 Å². The Morgan fingerprint density at radius 2 is 2.00 bits per heavy atom. The lowest BCUT2D eigenvalue weighted by Gasteiger charge is -2.10.